The molecule has 172 valence electrons. The SMILES string of the molecule is O=C(Nc1ccc(Cl)c(Cl)c1)c1ccc(NC2=C(Cl)C(=O)N(c3cccc(Cl)c3Cl)C2=O)cc1. The molecule has 3 amide bonds. The van der Waals surface area contributed by atoms with Gasteiger partial charge in [-0.3, -0.25) is 14.4 Å². The van der Waals surface area contributed by atoms with Gasteiger partial charge in [0.05, 0.1) is 25.8 Å². The average Bonchev–Trinajstić information content (AvgIpc) is 3.02. The van der Waals surface area contributed by atoms with Gasteiger partial charge in [-0.15, -0.1) is 0 Å². The average molecular weight is 556 g/mol. The molecule has 4 rings (SSSR count). The second-order valence-electron chi connectivity index (χ2n) is 6.99. The van der Waals surface area contributed by atoms with Crippen LogP contribution in [0.3, 0.4) is 0 Å². The smallest absolute Gasteiger partial charge is 0.283 e. The van der Waals surface area contributed by atoms with Crippen LogP contribution >= 0.6 is 58.0 Å². The number of imide groups is 1. The van der Waals surface area contributed by atoms with Crippen molar-refractivity contribution in [3.8, 4) is 0 Å². The van der Waals surface area contributed by atoms with E-state index in [1.165, 1.54) is 30.3 Å². The van der Waals surface area contributed by atoms with Crippen LogP contribution in [0.4, 0.5) is 17.1 Å². The first-order valence-corrected chi connectivity index (χ1v) is 11.4. The fourth-order valence-electron chi connectivity index (χ4n) is 3.12. The molecule has 0 spiro atoms. The van der Waals surface area contributed by atoms with E-state index in [1.54, 1.807) is 30.3 Å². The lowest BCUT2D eigenvalue weighted by Gasteiger charge is -2.17. The van der Waals surface area contributed by atoms with E-state index in [4.69, 9.17) is 58.0 Å². The van der Waals surface area contributed by atoms with Crippen LogP contribution in [-0.2, 0) is 9.59 Å². The lowest BCUT2D eigenvalue weighted by Crippen LogP contribution is -2.32. The summed E-state index contributed by atoms with van der Waals surface area (Å²) in [6.07, 6.45) is 0. The van der Waals surface area contributed by atoms with Crippen molar-refractivity contribution < 1.29 is 14.4 Å². The Kier molecular flexibility index (Phi) is 7.07. The summed E-state index contributed by atoms with van der Waals surface area (Å²) >= 11 is 30.2. The van der Waals surface area contributed by atoms with Gasteiger partial charge in [-0.05, 0) is 54.6 Å². The van der Waals surface area contributed by atoms with Gasteiger partial charge in [0.25, 0.3) is 17.7 Å². The van der Waals surface area contributed by atoms with Gasteiger partial charge in [0.1, 0.15) is 10.7 Å². The van der Waals surface area contributed by atoms with Crippen molar-refractivity contribution in [2.45, 2.75) is 0 Å². The van der Waals surface area contributed by atoms with Gasteiger partial charge in [0.2, 0.25) is 0 Å². The van der Waals surface area contributed by atoms with Gasteiger partial charge in [0, 0.05) is 16.9 Å². The molecule has 6 nitrogen and oxygen atoms in total. The zero-order chi connectivity index (χ0) is 24.6. The van der Waals surface area contributed by atoms with E-state index in [0.29, 0.717) is 27.0 Å². The summed E-state index contributed by atoms with van der Waals surface area (Å²) in [7, 11) is 0. The number of nitrogens with one attached hydrogen (secondary N) is 2. The van der Waals surface area contributed by atoms with Crippen LogP contribution in [0.1, 0.15) is 10.4 Å². The Morgan fingerprint density at radius 3 is 2.09 bits per heavy atom. The summed E-state index contributed by atoms with van der Waals surface area (Å²) in [6.45, 7) is 0. The third-order valence-corrected chi connectivity index (χ3v) is 6.69. The minimum absolute atomic E-state index is 0.0499. The standard InChI is InChI=1S/C23H12Cl5N3O3/c24-14-9-8-13(10-16(14)26)30-21(32)11-4-6-12(7-5-11)29-20-19(28)22(33)31(23(20)34)17-3-1-2-15(25)18(17)27/h1-10,29H,(H,30,32). The molecule has 0 saturated carbocycles. The number of carbonyl (C=O) groups excluding carboxylic acids is 3. The number of halogens is 5. The van der Waals surface area contributed by atoms with Gasteiger partial charge in [-0.25, -0.2) is 4.90 Å². The van der Waals surface area contributed by atoms with Crippen molar-refractivity contribution in [1.82, 2.24) is 0 Å². The van der Waals surface area contributed by atoms with Gasteiger partial charge in [0.15, 0.2) is 0 Å². The molecule has 1 aliphatic heterocycles. The van der Waals surface area contributed by atoms with Crippen LogP contribution in [0.2, 0.25) is 20.1 Å². The summed E-state index contributed by atoms with van der Waals surface area (Å²) in [5.74, 6) is -1.81. The molecule has 0 bridgehead atoms. The normalized spacial score (nSPS) is 13.5. The third-order valence-electron chi connectivity index (χ3n) is 4.79. The second-order valence-corrected chi connectivity index (χ2v) is 8.97. The molecule has 11 heteroatoms. The fraction of sp³-hybridized carbons (Fsp3) is 0. The number of hydrogen-bond donors (Lipinski definition) is 2. The van der Waals surface area contributed by atoms with Gasteiger partial charge in [-0.1, -0.05) is 64.1 Å². The van der Waals surface area contributed by atoms with Crippen molar-refractivity contribution in [1.29, 1.82) is 0 Å². The predicted octanol–water partition coefficient (Wildman–Crippen LogP) is 6.99. The van der Waals surface area contributed by atoms with E-state index in [0.717, 1.165) is 4.90 Å². The summed E-state index contributed by atoms with van der Waals surface area (Å²) in [6, 6.07) is 15.5. The highest BCUT2D eigenvalue weighted by molar-refractivity contribution is 6.54. The van der Waals surface area contributed by atoms with Crippen LogP contribution in [0, 0.1) is 0 Å². The van der Waals surface area contributed by atoms with Crippen LogP contribution in [0.15, 0.2) is 71.4 Å². The van der Waals surface area contributed by atoms with Crippen molar-refractivity contribution in [3.63, 3.8) is 0 Å². The number of benzene rings is 3. The lowest BCUT2D eigenvalue weighted by atomic mass is 10.2. The number of amides is 3. The zero-order valence-corrected chi connectivity index (χ0v) is 20.6. The van der Waals surface area contributed by atoms with Crippen molar-refractivity contribution in [3.05, 3.63) is 97.0 Å². The van der Waals surface area contributed by atoms with Gasteiger partial charge >= 0.3 is 0 Å². The Bertz CT molecular complexity index is 1370. The van der Waals surface area contributed by atoms with E-state index in [9.17, 15) is 14.4 Å². The topological polar surface area (TPSA) is 78.5 Å². The maximum absolute atomic E-state index is 12.9. The number of rotatable bonds is 5. The maximum Gasteiger partial charge on any atom is 0.283 e. The Morgan fingerprint density at radius 1 is 0.735 bits per heavy atom. The predicted molar refractivity (Wildman–Crippen MR) is 136 cm³/mol. The molecule has 34 heavy (non-hydrogen) atoms. The van der Waals surface area contributed by atoms with E-state index in [1.807, 2.05) is 0 Å². The minimum Gasteiger partial charge on any atom is -0.350 e. The first-order chi connectivity index (χ1) is 16.2. The first kappa shape index (κ1) is 24.4. The third kappa shape index (κ3) is 4.73. The molecule has 0 aromatic heterocycles. The summed E-state index contributed by atoms with van der Waals surface area (Å²) in [4.78, 5) is 38.9. The zero-order valence-electron chi connectivity index (χ0n) is 16.8. The van der Waals surface area contributed by atoms with E-state index >= 15 is 0 Å². The molecule has 0 saturated heterocycles. The molecule has 1 heterocycles. The van der Waals surface area contributed by atoms with Crippen LogP contribution in [-0.4, -0.2) is 17.7 Å². The number of hydrogen-bond acceptors (Lipinski definition) is 4. The summed E-state index contributed by atoms with van der Waals surface area (Å²) in [5, 5.41) is 6.16. The highest BCUT2D eigenvalue weighted by Crippen LogP contribution is 2.37. The van der Waals surface area contributed by atoms with Gasteiger partial charge < -0.3 is 10.6 Å². The first-order valence-electron chi connectivity index (χ1n) is 9.53. The van der Waals surface area contributed by atoms with E-state index < -0.39 is 11.8 Å². The van der Waals surface area contributed by atoms with Crippen LogP contribution in [0.25, 0.3) is 0 Å². The monoisotopic (exact) mass is 553 g/mol. The molecular formula is C23H12Cl5N3O3. The summed E-state index contributed by atoms with van der Waals surface area (Å²) < 4.78 is 0. The van der Waals surface area contributed by atoms with Crippen molar-refractivity contribution in [2.75, 3.05) is 15.5 Å². The lowest BCUT2D eigenvalue weighted by molar-refractivity contribution is -0.120. The quantitative estimate of drug-likeness (QED) is 0.333. The molecule has 1 aliphatic rings. The summed E-state index contributed by atoms with van der Waals surface area (Å²) in [5.41, 5.74) is 1.25. The number of anilines is 3. The Morgan fingerprint density at radius 2 is 1.41 bits per heavy atom. The van der Waals surface area contributed by atoms with Crippen molar-refractivity contribution >= 4 is 92.8 Å². The molecule has 3 aromatic carbocycles. The largest absolute Gasteiger partial charge is 0.350 e. The Hall–Kier alpha value is -2.74. The Balaban J connectivity index is 1.50. The second kappa shape index (κ2) is 9.86. The highest BCUT2D eigenvalue weighted by Gasteiger charge is 2.40. The number of carbonyl (C=O) groups is 3. The fourth-order valence-corrected chi connectivity index (χ4v) is 4.01. The molecule has 0 fully saturated rings. The minimum atomic E-state index is -0.740. The molecule has 0 unspecified atom stereocenters. The van der Waals surface area contributed by atoms with E-state index in [-0.39, 0.29) is 32.4 Å². The highest BCUT2D eigenvalue weighted by atomic mass is 35.5. The molecule has 3 aromatic rings. The van der Waals surface area contributed by atoms with Crippen molar-refractivity contribution in [2.24, 2.45) is 0 Å². The van der Waals surface area contributed by atoms with Gasteiger partial charge in [-0.2, -0.15) is 0 Å². The molecule has 2 N–H and O–H groups in total. The van der Waals surface area contributed by atoms with E-state index in [2.05, 4.69) is 10.6 Å². The Labute approximate surface area is 219 Å². The molecule has 0 atom stereocenters. The van der Waals surface area contributed by atoms with Crippen LogP contribution < -0.4 is 15.5 Å². The number of nitrogens with zero attached hydrogens (tertiary/aromatic N) is 1. The molecule has 0 radical (unpaired) electrons. The molecule has 0 aliphatic carbocycles. The maximum atomic E-state index is 12.9. The van der Waals surface area contributed by atoms with Crippen LogP contribution in [0.5, 0.6) is 0 Å². The molecular weight excluding hydrogens is 544 g/mol.